The van der Waals surface area contributed by atoms with Gasteiger partial charge in [-0.2, -0.15) is 0 Å². The first-order valence-electron chi connectivity index (χ1n) is 34.2. The maximum absolute atomic E-state index is 13.4. The second kappa shape index (κ2) is 36.3. The molecule has 0 radical (unpaired) electrons. The molecule has 3 saturated heterocycles. The number of aliphatic carboxylic acids is 2. The van der Waals surface area contributed by atoms with Gasteiger partial charge in [0.2, 0.25) is 0 Å². The Kier molecular flexibility index (Phi) is 28.5. The number of amidine groups is 2. The number of para-hydroxylation sites is 4. The van der Waals surface area contributed by atoms with E-state index in [1.54, 1.807) is 28.7 Å². The first kappa shape index (κ1) is 74.5. The van der Waals surface area contributed by atoms with Crippen LogP contribution in [-0.2, 0) is 29.0 Å². The van der Waals surface area contributed by atoms with Crippen molar-refractivity contribution in [1.29, 1.82) is 0 Å². The van der Waals surface area contributed by atoms with Crippen LogP contribution in [0, 0.1) is 38.4 Å². The second-order valence-corrected chi connectivity index (χ2v) is 28.2. The van der Waals surface area contributed by atoms with E-state index >= 15 is 0 Å². The summed E-state index contributed by atoms with van der Waals surface area (Å²) in [5.74, 6) is 1.37. The van der Waals surface area contributed by atoms with Crippen LogP contribution in [0.1, 0.15) is 154 Å². The van der Waals surface area contributed by atoms with Crippen molar-refractivity contribution < 1.29 is 58.3 Å². The summed E-state index contributed by atoms with van der Waals surface area (Å²) in [6.45, 7) is 26.4. The van der Waals surface area contributed by atoms with Crippen LogP contribution in [0.15, 0.2) is 98.2 Å². The van der Waals surface area contributed by atoms with Crippen LogP contribution in [0.2, 0.25) is 0 Å². The maximum Gasteiger partial charge on any atom is 1.00 e. The maximum atomic E-state index is 13.4. The van der Waals surface area contributed by atoms with Gasteiger partial charge in [-0.05, 0) is 160 Å². The van der Waals surface area contributed by atoms with Crippen molar-refractivity contribution in [2.24, 2.45) is 21.8 Å². The van der Waals surface area contributed by atoms with Crippen molar-refractivity contribution in [3.05, 3.63) is 139 Å². The number of fused-ring (bicyclic) bond motifs is 6. The minimum atomic E-state index is -0.885. The molecule has 6 aliphatic heterocycles. The van der Waals surface area contributed by atoms with E-state index in [1.165, 1.54) is 43.0 Å². The number of benzene rings is 3. The summed E-state index contributed by atoms with van der Waals surface area (Å²) < 4.78 is 20.6. The molecule has 3 fully saturated rings. The van der Waals surface area contributed by atoms with Crippen molar-refractivity contribution >= 4 is 90.0 Å². The summed E-state index contributed by atoms with van der Waals surface area (Å²) in [5, 5.41) is 33.7. The summed E-state index contributed by atoms with van der Waals surface area (Å²) in [4.78, 5) is 63.2. The Morgan fingerprint density at radius 3 is 1.68 bits per heavy atom. The molecule has 0 unspecified atom stereocenters. The number of likely N-dealkylation sites (N-methyl/N-ethyl adjacent to an activating group) is 2. The predicted molar refractivity (Wildman–Crippen MR) is 380 cm³/mol. The molecule has 4 aromatic heterocycles. The zero-order valence-electron chi connectivity index (χ0n) is 57.8. The van der Waals surface area contributed by atoms with Gasteiger partial charge in [0.15, 0.2) is 5.58 Å². The summed E-state index contributed by atoms with van der Waals surface area (Å²) in [6, 6.07) is 25.7. The molecule has 506 valence electrons. The number of aromatic nitrogens is 3. The fourth-order valence-corrected chi connectivity index (χ4v) is 15.0. The average molecular weight is 1350 g/mol. The largest absolute Gasteiger partial charge is 1.00 e. The van der Waals surface area contributed by atoms with Gasteiger partial charge in [-0.1, -0.05) is 82.8 Å². The number of carbonyl (C=O) groups is 2. The molecule has 3 N–H and O–H groups in total. The number of hydrogen-bond donors (Lipinski definition) is 3. The number of likely N-dealkylation sites (tertiary alicyclic amines) is 1. The Balaban J connectivity index is 0.000000161. The van der Waals surface area contributed by atoms with Crippen LogP contribution in [0.25, 0.3) is 11.0 Å². The third-order valence-electron chi connectivity index (χ3n) is 18.5. The average Bonchev–Trinajstić information content (AvgIpc) is 1.71. The Morgan fingerprint density at radius 2 is 1.19 bits per heavy atom. The van der Waals surface area contributed by atoms with Crippen LogP contribution < -0.4 is 50.9 Å². The molecule has 13 rings (SSSR count). The number of halogens is 1. The number of carboxylic acid groups (broad SMARTS) is 2. The summed E-state index contributed by atoms with van der Waals surface area (Å²) in [5.41, 5.74) is 10.1. The fourth-order valence-electron chi connectivity index (χ4n) is 13.1. The van der Waals surface area contributed by atoms with Gasteiger partial charge in [0.25, 0.3) is 5.56 Å². The molecular formula is C73H98FN12NaO6S2. The minimum absolute atomic E-state index is 0. The number of carbonyl (C=O) groups excluding carboxylic acids is 1. The Labute approximate surface area is 591 Å². The summed E-state index contributed by atoms with van der Waals surface area (Å²) in [7, 11) is 4.37. The van der Waals surface area contributed by atoms with Crippen LogP contribution in [-0.4, -0.2) is 154 Å². The molecule has 0 aliphatic carbocycles. The Bertz CT molecular complexity index is 3600. The first-order valence-corrected chi connectivity index (χ1v) is 35.9. The van der Waals surface area contributed by atoms with Crippen molar-refractivity contribution in [2.45, 2.75) is 151 Å². The Hall–Kier alpha value is -6.30. The number of rotatable bonds is 14. The minimum Gasteiger partial charge on any atom is -0.550 e. The molecule has 0 spiro atoms. The van der Waals surface area contributed by atoms with Gasteiger partial charge in [0.05, 0.1) is 45.5 Å². The number of nitrogens with zero attached hydrogens (tertiary/aromatic N) is 10. The molecule has 3 aromatic carbocycles. The zero-order chi connectivity index (χ0) is 66.8. The molecule has 22 heteroatoms. The molecule has 0 amide bonds. The third-order valence-corrected chi connectivity index (χ3v) is 20.4. The van der Waals surface area contributed by atoms with Gasteiger partial charge < -0.3 is 54.7 Å². The van der Waals surface area contributed by atoms with Gasteiger partial charge in [0, 0.05) is 116 Å². The number of nitrogens with one attached hydrogen (secondary N) is 2. The van der Waals surface area contributed by atoms with Crippen molar-refractivity contribution in [3.8, 4) is 0 Å². The molecule has 18 nitrogen and oxygen atoms in total. The van der Waals surface area contributed by atoms with E-state index in [-0.39, 0.29) is 52.8 Å². The van der Waals surface area contributed by atoms with E-state index in [2.05, 4.69) is 129 Å². The summed E-state index contributed by atoms with van der Waals surface area (Å²) >= 11 is 3.61. The molecule has 10 heterocycles. The number of aliphatic imine (C=N–C) groups is 2. The van der Waals surface area contributed by atoms with Gasteiger partial charge in [-0.3, -0.25) is 14.2 Å². The molecule has 0 atom stereocenters. The fraction of sp³-hybridized carbons (Fsp3) is 0.521. The van der Waals surface area contributed by atoms with Crippen molar-refractivity contribution in [3.63, 3.8) is 0 Å². The zero-order valence-corrected chi connectivity index (χ0v) is 61.4. The predicted octanol–water partition coefficient (Wildman–Crippen LogP) is 10.7. The monoisotopic (exact) mass is 1340 g/mol. The van der Waals surface area contributed by atoms with Crippen LogP contribution >= 0.6 is 22.7 Å². The molecule has 0 bridgehead atoms. The number of thiophene rings is 2. The molecule has 7 aromatic rings. The van der Waals surface area contributed by atoms with Gasteiger partial charge >= 0.3 is 35.5 Å². The first-order chi connectivity index (χ1) is 45.4. The van der Waals surface area contributed by atoms with E-state index in [1.807, 2.05) is 39.2 Å². The standard InChI is InChI=1S/C23H27FN4O2.2C17H20N4S.2C8H16O2.Na/c1-15-18(23(29)28-10-3-2-4-21(28)25-15)9-13-27-11-7-16(8-12-27)22-19-6-5-17(24)14-20(19)30-26-22;2*1-12-11-13-16(21-9-7-20(2)8-10-21)18-14-5-3-4-6-15(14)19-17(13)22-12;2*1-3-5-7(6-4-2)8(9)10;/h5-6,14,16H,2-4,7-13H2,1H3;2*3-6,11,19H,7-10H2,1-2H3;2*7H,3-6H2,1-2H3,(H,9,10);/q;;;;;+1/p-1. The van der Waals surface area contributed by atoms with Crippen molar-refractivity contribution in [1.82, 2.24) is 39.2 Å². The van der Waals surface area contributed by atoms with Crippen molar-refractivity contribution in [2.75, 3.05) is 96.7 Å². The molecule has 95 heavy (non-hydrogen) atoms. The van der Waals surface area contributed by atoms with Gasteiger partial charge in [-0.15, -0.1) is 22.7 Å². The number of aryl methyl sites for hydroxylation is 4. The quantitative estimate of drug-likeness (QED) is 0.0867. The number of piperidine rings is 1. The van der Waals surface area contributed by atoms with Gasteiger partial charge in [0.1, 0.15) is 33.3 Å². The van der Waals surface area contributed by atoms with Crippen LogP contribution in [0.5, 0.6) is 0 Å². The number of hydrogen-bond acceptors (Lipinski definition) is 18. The van der Waals surface area contributed by atoms with E-state index in [0.29, 0.717) is 11.5 Å². The molecule has 0 saturated carbocycles. The van der Waals surface area contributed by atoms with E-state index in [9.17, 15) is 23.9 Å². The number of piperazine rings is 2. The van der Waals surface area contributed by atoms with E-state index < -0.39 is 11.9 Å². The van der Waals surface area contributed by atoms with Gasteiger partial charge in [-0.25, -0.2) is 19.4 Å². The normalized spacial score (nSPS) is 16.3. The number of carboxylic acids is 2. The third kappa shape index (κ3) is 19.9. The number of anilines is 4. The van der Waals surface area contributed by atoms with Crippen LogP contribution in [0.3, 0.4) is 0 Å². The smallest absolute Gasteiger partial charge is 0.550 e. The molecule has 6 aliphatic rings. The molecular weight excluding hydrogens is 1250 g/mol. The second-order valence-electron chi connectivity index (χ2n) is 25.7. The van der Waals surface area contributed by atoms with Crippen LogP contribution in [0.4, 0.5) is 37.1 Å². The SMILES string of the molecule is CCCC(CCC)C(=O)O.CCCC(CCC)C(=O)[O-].Cc1cc2c(s1)Nc1ccccc1N=C2N1CCN(C)CC1.Cc1cc2c(s1)Nc1ccccc1N=C2N1CCN(C)CC1.Cc1nc2n(c(=O)c1CCN1CCC(c3noc4cc(F)ccc34)CC1)CCCC2.[Na+]. The van der Waals surface area contributed by atoms with E-state index in [4.69, 9.17) is 24.6 Å². The Morgan fingerprint density at radius 1 is 0.684 bits per heavy atom. The van der Waals surface area contributed by atoms with E-state index in [0.717, 1.165) is 231 Å². The summed E-state index contributed by atoms with van der Waals surface area (Å²) in [6.07, 6.45) is 12.8. The topological polar surface area (TPSA) is 203 Å².